The molecule has 116 valence electrons. The van der Waals surface area contributed by atoms with Crippen LogP contribution in [-0.4, -0.2) is 17.8 Å². The summed E-state index contributed by atoms with van der Waals surface area (Å²) in [5, 5.41) is 1.33. The molecule has 4 rings (SSSR count). The molecule has 0 atom stereocenters. The molecular formula is C21H21NO. The normalized spacial score (nSPS) is 17.2. The van der Waals surface area contributed by atoms with Crippen LogP contribution in [0.15, 0.2) is 54.6 Å². The van der Waals surface area contributed by atoms with E-state index in [1.54, 1.807) is 0 Å². The number of para-hydroxylation sites is 1. The Morgan fingerprint density at radius 1 is 1.00 bits per heavy atom. The van der Waals surface area contributed by atoms with Crippen molar-refractivity contribution in [3.05, 3.63) is 77.0 Å². The van der Waals surface area contributed by atoms with Crippen LogP contribution < -0.4 is 0 Å². The highest BCUT2D eigenvalue weighted by atomic mass is 16.5. The summed E-state index contributed by atoms with van der Waals surface area (Å²) >= 11 is 0. The monoisotopic (exact) mass is 303 g/mol. The smallest absolute Gasteiger partial charge is 0.0656 e. The highest BCUT2D eigenvalue weighted by Crippen LogP contribution is 2.36. The molecule has 2 heterocycles. The van der Waals surface area contributed by atoms with E-state index in [1.165, 1.54) is 38.9 Å². The van der Waals surface area contributed by atoms with Gasteiger partial charge in [-0.1, -0.05) is 54.1 Å². The van der Waals surface area contributed by atoms with E-state index in [0.717, 1.165) is 13.0 Å². The summed E-state index contributed by atoms with van der Waals surface area (Å²) in [6.07, 6.45) is 3.18. The lowest BCUT2D eigenvalue weighted by Gasteiger charge is -2.16. The largest absolute Gasteiger partial charge is 0.377 e. The van der Waals surface area contributed by atoms with Crippen LogP contribution in [0.1, 0.15) is 22.4 Å². The molecule has 1 aromatic heterocycles. The van der Waals surface area contributed by atoms with Gasteiger partial charge in [0, 0.05) is 35.6 Å². The molecule has 1 aliphatic heterocycles. The van der Waals surface area contributed by atoms with Gasteiger partial charge in [-0.05, 0) is 24.1 Å². The molecule has 1 aliphatic rings. The number of hydrogen-bond donors (Lipinski definition) is 0. The van der Waals surface area contributed by atoms with E-state index in [2.05, 4.69) is 73.1 Å². The molecular weight excluding hydrogens is 282 g/mol. The molecule has 0 saturated carbocycles. The number of benzene rings is 2. The molecule has 3 aromatic rings. The third-order valence-electron chi connectivity index (χ3n) is 4.75. The number of rotatable bonds is 1. The third kappa shape index (κ3) is 2.40. The van der Waals surface area contributed by atoms with E-state index >= 15 is 0 Å². The van der Waals surface area contributed by atoms with Crippen LogP contribution >= 0.6 is 0 Å². The van der Waals surface area contributed by atoms with Crippen molar-refractivity contribution in [3.63, 3.8) is 0 Å². The van der Waals surface area contributed by atoms with Crippen LogP contribution in [0.3, 0.4) is 0 Å². The molecule has 0 aliphatic carbocycles. The Hall–Kier alpha value is -2.32. The molecule has 0 radical (unpaired) electrons. The van der Waals surface area contributed by atoms with E-state index in [-0.39, 0.29) is 0 Å². The molecule has 0 amide bonds. The first kappa shape index (κ1) is 14.3. The summed E-state index contributed by atoms with van der Waals surface area (Å²) in [6.45, 7) is 3.57. The summed E-state index contributed by atoms with van der Waals surface area (Å²) < 4.78 is 8.09. The first-order valence-corrected chi connectivity index (χ1v) is 8.17. The number of aryl methyl sites for hydroxylation is 2. The SMILES string of the molecule is Cc1ccc(/C2=C/COCCc3c2c2ccccc2n3C)cc1. The van der Waals surface area contributed by atoms with Crippen molar-refractivity contribution in [2.45, 2.75) is 13.3 Å². The maximum Gasteiger partial charge on any atom is 0.0656 e. The molecule has 2 nitrogen and oxygen atoms in total. The zero-order valence-electron chi connectivity index (χ0n) is 13.7. The van der Waals surface area contributed by atoms with Gasteiger partial charge < -0.3 is 9.30 Å². The van der Waals surface area contributed by atoms with Crippen LogP contribution in [0.25, 0.3) is 16.5 Å². The van der Waals surface area contributed by atoms with E-state index in [0.29, 0.717) is 6.61 Å². The molecule has 0 bridgehead atoms. The van der Waals surface area contributed by atoms with Crippen molar-refractivity contribution < 1.29 is 4.74 Å². The lowest BCUT2D eigenvalue weighted by atomic mass is 9.93. The summed E-state index contributed by atoms with van der Waals surface area (Å²) in [5.74, 6) is 0. The van der Waals surface area contributed by atoms with E-state index in [4.69, 9.17) is 4.74 Å². The molecule has 0 unspecified atom stereocenters. The Balaban J connectivity index is 2.01. The zero-order chi connectivity index (χ0) is 15.8. The zero-order valence-corrected chi connectivity index (χ0v) is 13.7. The van der Waals surface area contributed by atoms with Gasteiger partial charge in [-0.25, -0.2) is 0 Å². The molecule has 0 fully saturated rings. The second-order valence-electron chi connectivity index (χ2n) is 6.21. The minimum atomic E-state index is 0.672. The summed E-state index contributed by atoms with van der Waals surface area (Å²) in [6, 6.07) is 17.5. The number of nitrogens with zero attached hydrogens (tertiary/aromatic N) is 1. The van der Waals surface area contributed by atoms with Gasteiger partial charge in [-0.2, -0.15) is 0 Å². The van der Waals surface area contributed by atoms with Gasteiger partial charge in [-0.3, -0.25) is 0 Å². The van der Waals surface area contributed by atoms with E-state index in [9.17, 15) is 0 Å². The average Bonchev–Trinajstić information content (AvgIpc) is 2.81. The Kier molecular flexibility index (Phi) is 3.55. The first-order valence-electron chi connectivity index (χ1n) is 8.17. The van der Waals surface area contributed by atoms with Gasteiger partial charge in [0.15, 0.2) is 0 Å². The summed E-state index contributed by atoms with van der Waals surface area (Å²) in [5.41, 5.74) is 7.86. The number of ether oxygens (including phenoxy) is 1. The highest BCUT2D eigenvalue weighted by Gasteiger charge is 2.20. The lowest BCUT2D eigenvalue weighted by Crippen LogP contribution is -2.09. The Bertz CT molecular complexity index is 884. The third-order valence-corrected chi connectivity index (χ3v) is 4.75. The first-order chi connectivity index (χ1) is 11.3. The number of aromatic nitrogens is 1. The molecule has 0 spiro atoms. The van der Waals surface area contributed by atoms with Crippen molar-refractivity contribution in [2.24, 2.45) is 7.05 Å². The summed E-state index contributed by atoms with van der Waals surface area (Å²) in [7, 11) is 2.16. The Morgan fingerprint density at radius 3 is 2.61 bits per heavy atom. The fourth-order valence-electron chi connectivity index (χ4n) is 3.53. The fourth-order valence-corrected chi connectivity index (χ4v) is 3.53. The Morgan fingerprint density at radius 2 is 1.78 bits per heavy atom. The minimum Gasteiger partial charge on any atom is -0.377 e. The van der Waals surface area contributed by atoms with Crippen molar-refractivity contribution >= 4 is 16.5 Å². The average molecular weight is 303 g/mol. The second kappa shape index (κ2) is 5.71. The van der Waals surface area contributed by atoms with Gasteiger partial charge in [0.2, 0.25) is 0 Å². The van der Waals surface area contributed by atoms with Crippen LogP contribution in [0.2, 0.25) is 0 Å². The lowest BCUT2D eigenvalue weighted by molar-refractivity contribution is 0.164. The van der Waals surface area contributed by atoms with Crippen molar-refractivity contribution in [2.75, 3.05) is 13.2 Å². The van der Waals surface area contributed by atoms with Crippen LogP contribution in [-0.2, 0) is 18.2 Å². The maximum atomic E-state index is 5.77. The highest BCUT2D eigenvalue weighted by molar-refractivity contribution is 5.99. The van der Waals surface area contributed by atoms with Gasteiger partial charge in [-0.15, -0.1) is 0 Å². The molecule has 2 aromatic carbocycles. The predicted molar refractivity (Wildman–Crippen MR) is 95.7 cm³/mol. The molecule has 23 heavy (non-hydrogen) atoms. The van der Waals surface area contributed by atoms with Crippen LogP contribution in [0.4, 0.5) is 0 Å². The van der Waals surface area contributed by atoms with Crippen LogP contribution in [0.5, 0.6) is 0 Å². The number of fused-ring (bicyclic) bond motifs is 3. The standard InChI is InChI=1S/C21H21NO/c1-15-7-9-16(10-8-15)17-11-13-23-14-12-20-21(17)18-5-3-4-6-19(18)22(20)2/h3-11H,12-14H2,1-2H3/b17-11-. The van der Waals surface area contributed by atoms with Crippen molar-refractivity contribution in [3.8, 4) is 0 Å². The Labute approximate surface area is 137 Å². The molecule has 0 N–H and O–H groups in total. The van der Waals surface area contributed by atoms with E-state index < -0.39 is 0 Å². The van der Waals surface area contributed by atoms with Crippen molar-refractivity contribution in [1.82, 2.24) is 4.57 Å². The van der Waals surface area contributed by atoms with Gasteiger partial charge in [0.1, 0.15) is 0 Å². The van der Waals surface area contributed by atoms with Gasteiger partial charge in [0.25, 0.3) is 0 Å². The number of hydrogen-bond acceptors (Lipinski definition) is 1. The van der Waals surface area contributed by atoms with Gasteiger partial charge in [0.05, 0.1) is 13.2 Å². The topological polar surface area (TPSA) is 14.2 Å². The maximum absolute atomic E-state index is 5.77. The van der Waals surface area contributed by atoms with E-state index in [1.807, 2.05) is 0 Å². The minimum absolute atomic E-state index is 0.672. The molecule has 2 heteroatoms. The van der Waals surface area contributed by atoms with Crippen molar-refractivity contribution in [1.29, 1.82) is 0 Å². The predicted octanol–water partition coefficient (Wildman–Crippen LogP) is 4.49. The molecule has 0 saturated heterocycles. The quantitative estimate of drug-likeness (QED) is 0.646. The van der Waals surface area contributed by atoms with Crippen LogP contribution in [0, 0.1) is 6.92 Å². The van der Waals surface area contributed by atoms with Gasteiger partial charge >= 0.3 is 0 Å². The summed E-state index contributed by atoms with van der Waals surface area (Å²) in [4.78, 5) is 0. The fraction of sp³-hybridized carbons (Fsp3) is 0.238. The second-order valence-corrected chi connectivity index (χ2v) is 6.21.